The highest BCUT2D eigenvalue weighted by atomic mass is 32.2. The SMILES string of the molecule is CCC(CC)(c1ccc(CCC(O)C(C)(C)C)c(C)c1)c1cc(C)c(N(CC(=O)O)S(=O)[O-])s1. The molecule has 0 saturated heterocycles. The van der Waals surface area contributed by atoms with Gasteiger partial charge in [-0.05, 0) is 73.3 Å². The highest BCUT2D eigenvalue weighted by Crippen LogP contribution is 2.46. The second-order valence-corrected chi connectivity index (χ2v) is 12.0. The number of rotatable bonds is 11. The molecule has 0 fully saturated rings. The summed E-state index contributed by atoms with van der Waals surface area (Å²) in [6.45, 7) is 13.7. The number of aliphatic hydroxyl groups is 1. The van der Waals surface area contributed by atoms with Crippen molar-refractivity contribution in [2.45, 2.75) is 85.7 Å². The van der Waals surface area contributed by atoms with Crippen molar-refractivity contribution in [3.05, 3.63) is 51.4 Å². The number of hydrogen-bond donors (Lipinski definition) is 2. The summed E-state index contributed by atoms with van der Waals surface area (Å²) in [5.74, 6) is -1.20. The van der Waals surface area contributed by atoms with Gasteiger partial charge in [0.05, 0.1) is 6.10 Å². The summed E-state index contributed by atoms with van der Waals surface area (Å²) >= 11 is -1.32. The van der Waals surface area contributed by atoms with Crippen LogP contribution in [0.1, 0.15) is 81.0 Å². The Kier molecular flexibility index (Phi) is 9.50. The van der Waals surface area contributed by atoms with Crippen LogP contribution in [0, 0.1) is 19.3 Å². The van der Waals surface area contributed by atoms with E-state index in [-0.39, 0.29) is 16.9 Å². The molecule has 2 aromatic rings. The van der Waals surface area contributed by atoms with Crippen LogP contribution in [0.25, 0.3) is 0 Å². The number of nitrogens with zero attached hydrogens (tertiary/aromatic N) is 1. The standard InChI is InChI=1S/C26H39NO5S2/c1-8-26(9-2,22-15-18(4)24(33-22)27(34(31)32)16-23(29)30)20-12-10-19(17(3)14-20)11-13-21(28)25(5,6)7/h10,12,14-15,21,28H,8-9,11,13,16H2,1-7H3,(H,29,30)(H,31,32)/p-1. The van der Waals surface area contributed by atoms with E-state index < -0.39 is 23.8 Å². The highest BCUT2D eigenvalue weighted by molar-refractivity contribution is 7.81. The maximum atomic E-state index is 11.8. The van der Waals surface area contributed by atoms with Gasteiger partial charge in [-0.3, -0.25) is 13.3 Å². The normalized spacial score (nSPS) is 14.1. The molecule has 1 aromatic heterocycles. The monoisotopic (exact) mass is 508 g/mol. The Morgan fingerprint density at radius 2 is 1.76 bits per heavy atom. The van der Waals surface area contributed by atoms with Crippen molar-refractivity contribution >= 4 is 33.6 Å². The number of aryl methyl sites for hydroxylation is 3. The van der Waals surface area contributed by atoms with Crippen molar-refractivity contribution in [2.75, 3.05) is 10.8 Å². The van der Waals surface area contributed by atoms with E-state index in [0.717, 1.165) is 39.6 Å². The number of hydrogen-bond acceptors (Lipinski definition) is 5. The van der Waals surface area contributed by atoms with Crippen LogP contribution in [0.3, 0.4) is 0 Å². The first kappa shape index (κ1) is 28.5. The van der Waals surface area contributed by atoms with Crippen LogP contribution in [-0.4, -0.2) is 37.6 Å². The molecular weight excluding hydrogens is 470 g/mol. The quantitative estimate of drug-likeness (QED) is 0.391. The van der Waals surface area contributed by atoms with Gasteiger partial charge in [-0.1, -0.05) is 52.8 Å². The molecule has 0 aliphatic heterocycles. The third-order valence-corrected chi connectivity index (χ3v) is 9.09. The first-order chi connectivity index (χ1) is 15.8. The molecule has 0 spiro atoms. The molecule has 0 aliphatic carbocycles. The minimum atomic E-state index is -2.67. The van der Waals surface area contributed by atoms with E-state index in [9.17, 15) is 23.8 Å². The van der Waals surface area contributed by atoms with Gasteiger partial charge in [-0.25, -0.2) is 0 Å². The lowest BCUT2D eigenvalue weighted by Gasteiger charge is -2.32. The molecule has 0 bridgehead atoms. The van der Waals surface area contributed by atoms with Gasteiger partial charge in [0.15, 0.2) is 0 Å². The Labute approximate surface area is 210 Å². The zero-order valence-corrected chi connectivity index (χ0v) is 22.9. The molecule has 2 rings (SSSR count). The van der Waals surface area contributed by atoms with E-state index in [0.29, 0.717) is 11.4 Å². The van der Waals surface area contributed by atoms with Crippen LogP contribution in [0.15, 0.2) is 24.3 Å². The number of carboxylic acids is 1. The van der Waals surface area contributed by atoms with Gasteiger partial charge >= 0.3 is 5.97 Å². The predicted molar refractivity (Wildman–Crippen MR) is 139 cm³/mol. The van der Waals surface area contributed by atoms with Crippen LogP contribution >= 0.6 is 11.3 Å². The smallest absolute Gasteiger partial charge is 0.324 e. The van der Waals surface area contributed by atoms with Crippen molar-refractivity contribution in [3.8, 4) is 0 Å². The van der Waals surface area contributed by atoms with Crippen LogP contribution < -0.4 is 4.31 Å². The van der Waals surface area contributed by atoms with Crippen molar-refractivity contribution in [1.82, 2.24) is 0 Å². The second kappa shape index (κ2) is 11.3. The molecule has 1 aromatic carbocycles. The fourth-order valence-corrected chi connectivity index (χ4v) is 6.64. The summed E-state index contributed by atoms with van der Waals surface area (Å²) in [6.07, 6.45) is 2.78. The summed E-state index contributed by atoms with van der Waals surface area (Å²) in [5, 5.41) is 20.1. The lowest BCUT2D eigenvalue weighted by atomic mass is 9.73. The summed E-state index contributed by atoms with van der Waals surface area (Å²) < 4.78 is 24.4. The number of benzene rings is 1. The van der Waals surface area contributed by atoms with Crippen LogP contribution in [0.5, 0.6) is 0 Å². The maximum Gasteiger partial charge on any atom is 0.324 e. The van der Waals surface area contributed by atoms with Crippen molar-refractivity contribution in [1.29, 1.82) is 0 Å². The second-order valence-electron chi connectivity index (χ2n) is 10.1. The lowest BCUT2D eigenvalue weighted by molar-refractivity contribution is -0.135. The van der Waals surface area contributed by atoms with Crippen LogP contribution in [0.4, 0.5) is 5.00 Å². The van der Waals surface area contributed by atoms with E-state index in [1.165, 1.54) is 22.5 Å². The van der Waals surface area contributed by atoms with Crippen LogP contribution in [-0.2, 0) is 27.9 Å². The molecule has 1 heterocycles. The van der Waals surface area contributed by atoms with Gasteiger partial charge in [-0.2, -0.15) is 0 Å². The molecule has 2 atom stereocenters. The van der Waals surface area contributed by atoms with Gasteiger partial charge in [0.1, 0.15) is 11.5 Å². The Bertz CT molecular complexity index is 1020. The van der Waals surface area contributed by atoms with Crippen molar-refractivity contribution in [2.24, 2.45) is 5.41 Å². The van der Waals surface area contributed by atoms with Crippen LogP contribution in [0.2, 0.25) is 0 Å². The number of aliphatic carboxylic acids is 1. The summed E-state index contributed by atoms with van der Waals surface area (Å²) in [7, 11) is 0. The highest BCUT2D eigenvalue weighted by Gasteiger charge is 2.34. The average Bonchev–Trinajstić information content (AvgIpc) is 3.13. The molecule has 2 unspecified atom stereocenters. The first-order valence-electron chi connectivity index (χ1n) is 11.7. The van der Waals surface area contributed by atoms with E-state index in [4.69, 9.17) is 0 Å². The molecule has 0 amide bonds. The molecular formula is C26H38NO5S2-. The zero-order chi connectivity index (χ0) is 25.8. The van der Waals surface area contributed by atoms with Gasteiger partial charge < -0.3 is 14.8 Å². The largest absolute Gasteiger partial charge is 0.755 e. The molecule has 0 radical (unpaired) electrons. The lowest BCUT2D eigenvalue weighted by Crippen LogP contribution is -2.31. The Morgan fingerprint density at radius 1 is 1.15 bits per heavy atom. The van der Waals surface area contributed by atoms with Gasteiger partial charge in [0.2, 0.25) is 0 Å². The van der Waals surface area contributed by atoms with Crippen molar-refractivity contribution in [3.63, 3.8) is 0 Å². The van der Waals surface area contributed by atoms with Gasteiger partial charge in [0.25, 0.3) is 0 Å². The number of anilines is 1. The Hall–Kier alpha value is -1.74. The number of carbonyl (C=O) groups is 1. The Morgan fingerprint density at radius 3 is 2.24 bits per heavy atom. The van der Waals surface area contributed by atoms with E-state index in [1.807, 2.05) is 33.8 Å². The number of carboxylic acid groups (broad SMARTS) is 1. The minimum absolute atomic E-state index is 0.148. The van der Waals surface area contributed by atoms with E-state index in [1.54, 1.807) is 0 Å². The Balaban J connectivity index is 2.45. The average molecular weight is 509 g/mol. The minimum Gasteiger partial charge on any atom is -0.755 e. The van der Waals surface area contributed by atoms with Gasteiger partial charge in [0, 0.05) is 21.6 Å². The predicted octanol–water partition coefficient (Wildman–Crippen LogP) is 5.50. The zero-order valence-electron chi connectivity index (χ0n) is 21.3. The van der Waals surface area contributed by atoms with Crippen molar-refractivity contribution < 1.29 is 23.8 Å². The third-order valence-electron chi connectivity index (χ3n) is 6.84. The molecule has 34 heavy (non-hydrogen) atoms. The molecule has 190 valence electrons. The first-order valence-corrected chi connectivity index (χ1v) is 13.6. The summed E-state index contributed by atoms with van der Waals surface area (Å²) in [6, 6.07) is 8.50. The fourth-order valence-electron chi connectivity index (χ4n) is 4.42. The third kappa shape index (κ3) is 6.27. The van der Waals surface area contributed by atoms with E-state index in [2.05, 4.69) is 39.0 Å². The maximum absolute atomic E-state index is 11.8. The van der Waals surface area contributed by atoms with Gasteiger partial charge in [-0.15, -0.1) is 11.3 Å². The summed E-state index contributed by atoms with van der Waals surface area (Å²) in [4.78, 5) is 12.3. The molecule has 6 nitrogen and oxygen atoms in total. The van der Waals surface area contributed by atoms with E-state index >= 15 is 0 Å². The molecule has 0 aliphatic rings. The number of aliphatic hydroxyl groups excluding tert-OH is 1. The topological polar surface area (TPSA) is 101 Å². The molecule has 8 heteroatoms. The molecule has 2 N–H and O–H groups in total. The number of thiophene rings is 1. The molecule has 0 saturated carbocycles. The fraction of sp³-hybridized carbons (Fsp3) is 0.577. The summed E-state index contributed by atoms with van der Waals surface area (Å²) in [5.41, 5.74) is 3.85.